The summed E-state index contributed by atoms with van der Waals surface area (Å²) in [6.45, 7) is 4.58. The molecule has 1 fully saturated rings. The molecule has 1 aliphatic carbocycles. The highest BCUT2D eigenvalue weighted by Crippen LogP contribution is 2.32. The van der Waals surface area contributed by atoms with Gasteiger partial charge in [0.15, 0.2) is 0 Å². The lowest BCUT2D eigenvalue weighted by molar-refractivity contribution is 0.286. The van der Waals surface area contributed by atoms with Crippen molar-refractivity contribution in [1.82, 2.24) is 0 Å². The molecule has 1 atom stereocenters. The lowest BCUT2D eigenvalue weighted by Crippen LogP contribution is -2.28. The van der Waals surface area contributed by atoms with Crippen LogP contribution in [-0.2, 0) is 10.0 Å². The maximum absolute atomic E-state index is 11.5. The SMILES string of the molecule is CC1(C)CCCCCCC(S(N)(=O)=O)CCC1. The third kappa shape index (κ3) is 5.87. The van der Waals surface area contributed by atoms with Crippen molar-refractivity contribution in [3.8, 4) is 0 Å². The van der Waals surface area contributed by atoms with Gasteiger partial charge in [-0.15, -0.1) is 0 Å². The van der Waals surface area contributed by atoms with Crippen molar-refractivity contribution in [2.75, 3.05) is 0 Å². The smallest absolute Gasteiger partial charge is 0.211 e. The van der Waals surface area contributed by atoms with E-state index in [0.717, 1.165) is 38.5 Å². The first kappa shape index (κ1) is 15.0. The van der Waals surface area contributed by atoms with Crippen LogP contribution in [0.15, 0.2) is 0 Å². The van der Waals surface area contributed by atoms with E-state index in [1.807, 2.05) is 0 Å². The maximum atomic E-state index is 11.5. The molecule has 0 aliphatic heterocycles. The molecule has 0 amide bonds. The van der Waals surface area contributed by atoms with Crippen molar-refractivity contribution < 1.29 is 8.42 Å². The average Bonchev–Trinajstić information content (AvgIpc) is 2.21. The molecular formula is C13H27NO2S. The van der Waals surface area contributed by atoms with Crippen molar-refractivity contribution in [1.29, 1.82) is 0 Å². The highest BCUT2D eigenvalue weighted by Gasteiger charge is 2.24. The van der Waals surface area contributed by atoms with Gasteiger partial charge in [0.25, 0.3) is 0 Å². The Morgan fingerprint density at radius 2 is 1.47 bits per heavy atom. The molecule has 1 aliphatic rings. The molecule has 0 saturated heterocycles. The van der Waals surface area contributed by atoms with E-state index in [-0.39, 0.29) is 5.25 Å². The molecule has 0 radical (unpaired) electrons. The second kappa shape index (κ2) is 6.19. The van der Waals surface area contributed by atoms with Crippen LogP contribution in [0.4, 0.5) is 0 Å². The molecule has 102 valence electrons. The van der Waals surface area contributed by atoms with Crippen LogP contribution >= 0.6 is 0 Å². The molecule has 0 bridgehead atoms. The van der Waals surface area contributed by atoms with E-state index in [0.29, 0.717) is 5.41 Å². The number of hydrogen-bond acceptors (Lipinski definition) is 2. The van der Waals surface area contributed by atoms with Crippen molar-refractivity contribution in [2.24, 2.45) is 10.6 Å². The molecule has 1 unspecified atom stereocenters. The van der Waals surface area contributed by atoms with E-state index in [1.54, 1.807) is 0 Å². The van der Waals surface area contributed by atoms with Gasteiger partial charge in [-0.2, -0.15) is 0 Å². The second-order valence-corrected chi connectivity index (χ2v) is 8.07. The Morgan fingerprint density at radius 3 is 2.12 bits per heavy atom. The van der Waals surface area contributed by atoms with Crippen molar-refractivity contribution in [3.63, 3.8) is 0 Å². The summed E-state index contributed by atoms with van der Waals surface area (Å²) < 4.78 is 22.9. The van der Waals surface area contributed by atoms with Crippen LogP contribution in [0.5, 0.6) is 0 Å². The van der Waals surface area contributed by atoms with Crippen LogP contribution in [0.2, 0.25) is 0 Å². The van der Waals surface area contributed by atoms with Crippen molar-refractivity contribution in [2.45, 2.75) is 76.9 Å². The number of hydrogen-bond donors (Lipinski definition) is 1. The van der Waals surface area contributed by atoms with Gasteiger partial charge in [-0.25, -0.2) is 13.6 Å². The fourth-order valence-electron chi connectivity index (χ4n) is 2.74. The van der Waals surface area contributed by atoms with E-state index < -0.39 is 10.0 Å². The summed E-state index contributed by atoms with van der Waals surface area (Å²) in [7, 11) is -3.34. The van der Waals surface area contributed by atoms with Crippen LogP contribution in [0, 0.1) is 5.41 Å². The number of sulfonamides is 1. The summed E-state index contributed by atoms with van der Waals surface area (Å²) in [6, 6.07) is 0. The number of primary sulfonamides is 1. The lowest BCUT2D eigenvalue weighted by atomic mass is 9.82. The summed E-state index contributed by atoms with van der Waals surface area (Å²) >= 11 is 0. The van der Waals surface area contributed by atoms with E-state index in [9.17, 15) is 8.42 Å². The van der Waals surface area contributed by atoms with Crippen LogP contribution in [-0.4, -0.2) is 13.7 Å². The number of rotatable bonds is 1. The fraction of sp³-hybridized carbons (Fsp3) is 1.00. The van der Waals surface area contributed by atoms with Gasteiger partial charge in [0.2, 0.25) is 10.0 Å². The molecule has 0 heterocycles. The van der Waals surface area contributed by atoms with Crippen LogP contribution < -0.4 is 5.14 Å². The minimum absolute atomic E-state index is 0.309. The molecule has 4 heteroatoms. The highest BCUT2D eigenvalue weighted by atomic mass is 32.2. The van der Waals surface area contributed by atoms with Crippen LogP contribution in [0.3, 0.4) is 0 Å². The van der Waals surface area contributed by atoms with Gasteiger partial charge in [-0.05, 0) is 31.1 Å². The predicted octanol–water partition coefficient (Wildman–Crippen LogP) is 3.19. The minimum atomic E-state index is -3.34. The molecule has 0 aromatic heterocycles. The summed E-state index contributed by atoms with van der Waals surface area (Å²) in [5, 5.41) is 4.99. The summed E-state index contributed by atoms with van der Waals surface area (Å²) in [4.78, 5) is 0. The van der Waals surface area contributed by atoms with Gasteiger partial charge < -0.3 is 0 Å². The molecule has 1 saturated carbocycles. The third-order valence-electron chi connectivity index (χ3n) is 3.97. The Hall–Kier alpha value is -0.0900. The number of nitrogens with two attached hydrogens (primary N) is 1. The Balaban J connectivity index is 2.61. The van der Waals surface area contributed by atoms with Gasteiger partial charge in [0.05, 0.1) is 5.25 Å². The van der Waals surface area contributed by atoms with Gasteiger partial charge in [0.1, 0.15) is 0 Å². The molecule has 3 nitrogen and oxygen atoms in total. The van der Waals surface area contributed by atoms with E-state index in [2.05, 4.69) is 13.8 Å². The second-order valence-electron chi connectivity index (χ2n) is 6.22. The molecular weight excluding hydrogens is 234 g/mol. The van der Waals surface area contributed by atoms with E-state index in [4.69, 9.17) is 5.14 Å². The molecule has 0 aromatic carbocycles. The largest absolute Gasteiger partial charge is 0.228 e. The summed E-state index contributed by atoms with van der Waals surface area (Å²) in [5.41, 5.74) is 0.354. The summed E-state index contributed by atoms with van der Waals surface area (Å²) in [5.74, 6) is 0. The summed E-state index contributed by atoms with van der Waals surface area (Å²) in [6.07, 6.45) is 9.47. The van der Waals surface area contributed by atoms with Gasteiger partial charge in [-0.1, -0.05) is 46.0 Å². The van der Waals surface area contributed by atoms with Crippen LogP contribution in [0.1, 0.15) is 71.6 Å². The van der Waals surface area contributed by atoms with Crippen LogP contribution in [0.25, 0.3) is 0 Å². The Bertz CT molecular complexity index is 322. The predicted molar refractivity (Wildman–Crippen MR) is 72.2 cm³/mol. The Labute approximate surface area is 106 Å². The zero-order chi connectivity index (χ0) is 12.9. The first-order chi connectivity index (χ1) is 7.81. The van der Waals surface area contributed by atoms with Gasteiger partial charge in [-0.3, -0.25) is 0 Å². The van der Waals surface area contributed by atoms with Crippen molar-refractivity contribution >= 4 is 10.0 Å². The highest BCUT2D eigenvalue weighted by molar-refractivity contribution is 7.89. The third-order valence-corrected chi connectivity index (χ3v) is 5.37. The molecule has 1 rings (SSSR count). The van der Waals surface area contributed by atoms with Crippen molar-refractivity contribution in [3.05, 3.63) is 0 Å². The Kier molecular flexibility index (Phi) is 5.45. The van der Waals surface area contributed by atoms with Gasteiger partial charge >= 0.3 is 0 Å². The van der Waals surface area contributed by atoms with E-state index >= 15 is 0 Å². The average molecular weight is 261 g/mol. The topological polar surface area (TPSA) is 60.2 Å². The quantitative estimate of drug-likeness (QED) is 0.788. The monoisotopic (exact) mass is 261 g/mol. The zero-order valence-corrected chi connectivity index (χ0v) is 12.1. The first-order valence-electron chi connectivity index (χ1n) is 6.83. The first-order valence-corrected chi connectivity index (χ1v) is 8.44. The van der Waals surface area contributed by atoms with Gasteiger partial charge in [0, 0.05) is 0 Å². The lowest BCUT2D eigenvalue weighted by Gasteiger charge is -2.24. The minimum Gasteiger partial charge on any atom is -0.228 e. The standard InChI is InChI=1S/C13H27NO2S/c1-13(2)10-6-4-3-5-8-12(9-7-11-13)17(14,15)16/h12H,3-11H2,1-2H3,(H2,14,15,16). The molecule has 0 aromatic rings. The normalized spacial score (nSPS) is 28.3. The Morgan fingerprint density at radius 1 is 0.941 bits per heavy atom. The molecule has 2 N–H and O–H groups in total. The molecule has 17 heavy (non-hydrogen) atoms. The molecule has 0 spiro atoms. The van der Waals surface area contributed by atoms with E-state index in [1.165, 1.54) is 19.3 Å². The zero-order valence-electron chi connectivity index (χ0n) is 11.2. The fourth-order valence-corrected chi connectivity index (χ4v) is 3.73. The maximum Gasteiger partial charge on any atom is 0.211 e.